The van der Waals surface area contributed by atoms with Crippen LogP contribution in [0.15, 0.2) is 48.6 Å². The van der Waals surface area contributed by atoms with E-state index in [1.54, 1.807) is 0 Å². The average molecular weight is 299 g/mol. The van der Waals surface area contributed by atoms with Crippen LogP contribution in [0.1, 0.15) is 58.3 Å². The molecule has 0 bridgehead atoms. The Kier molecular flexibility index (Phi) is 21.0. The first-order valence-corrected chi connectivity index (χ1v) is 7.59. The standard InChI is InChI=1S/C18H28O2.Na/c1-2-3-4-5-6-7-8-9-10-11-12-13-14-15-16-17-18(19)20;/h3-4,6-7,9-10,12-13H,2,5,8,11,14-17H2,1H3,(H,19,20);/b4-3+,7-6+,10-9+,13-12+;. The Morgan fingerprint density at radius 1 is 0.810 bits per heavy atom. The summed E-state index contributed by atoms with van der Waals surface area (Å²) in [6.45, 7) is 2.14. The molecule has 0 saturated carbocycles. The second-order valence-corrected chi connectivity index (χ2v) is 4.64. The number of unbranched alkanes of at least 4 members (excludes halogenated alkanes) is 2. The van der Waals surface area contributed by atoms with E-state index in [2.05, 4.69) is 55.5 Å². The molecular weight excluding hydrogens is 271 g/mol. The zero-order valence-corrected chi connectivity index (χ0v) is 15.6. The molecule has 0 unspecified atom stereocenters. The summed E-state index contributed by atoms with van der Waals surface area (Å²) in [5.41, 5.74) is 0. The Bertz CT molecular complexity index is 341. The molecule has 0 aromatic heterocycles. The average Bonchev–Trinajstić information content (AvgIpc) is 2.43. The van der Waals surface area contributed by atoms with E-state index in [1.165, 1.54) is 0 Å². The Morgan fingerprint density at radius 2 is 1.29 bits per heavy atom. The van der Waals surface area contributed by atoms with Gasteiger partial charge in [-0.15, -0.1) is 0 Å². The first kappa shape index (κ1) is 22.7. The predicted molar refractivity (Wildman–Crippen MR) is 92.6 cm³/mol. The van der Waals surface area contributed by atoms with Crippen molar-refractivity contribution in [1.82, 2.24) is 0 Å². The van der Waals surface area contributed by atoms with Gasteiger partial charge in [-0.3, -0.25) is 4.79 Å². The number of carbonyl (C=O) groups is 1. The minimum Gasteiger partial charge on any atom is -0.481 e. The van der Waals surface area contributed by atoms with Gasteiger partial charge < -0.3 is 5.11 Å². The van der Waals surface area contributed by atoms with Crippen molar-refractivity contribution in [1.29, 1.82) is 0 Å². The quantitative estimate of drug-likeness (QED) is 0.311. The monoisotopic (exact) mass is 299 g/mol. The van der Waals surface area contributed by atoms with Crippen LogP contribution in [0.5, 0.6) is 0 Å². The third kappa shape index (κ3) is 21.9. The predicted octanol–water partition coefficient (Wildman–Crippen LogP) is 5.06. The number of carboxylic acid groups (broad SMARTS) is 1. The van der Waals surface area contributed by atoms with Crippen LogP contribution in [-0.2, 0) is 4.79 Å². The van der Waals surface area contributed by atoms with Crippen LogP contribution in [0.3, 0.4) is 0 Å². The van der Waals surface area contributed by atoms with Gasteiger partial charge in [-0.05, 0) is 44.9 Å². The second kappa shape index (κ2) is 19.4. The minimum absolute atomic E-state index is 0. The maximum Gasteiger partial charge on any atom is 0.303 e. The number of rotatable bonds is 12. The van der Waals surface area contributed by atoms with Crippen LogP contribution >= 0.6 is 0 Å². The van der Waals surface area contributed by atoms with Crippen LogP contribution in [0.25, 0.3) is 0 Å². The van der Waals surface area contributed by atoms with Crippen LogP contribution in [-0.4, -0.2) is 40.6 Å². The number of hydrogen-bond donors (Lipinski definition) is 1. The molecule has 2 nitrogen and oxygen atoms in total. The minimum atomic E-state index is -0.699. The van der Waals surface area contributed by atoms with Crippen LogP contribution in [0.2, 0.25) is 0 Å². The topological polar surface area (TPSA) is 37.3 Å². The number of aliphatic carboxylic acids is 1. The molecule has 0 atom stereocenters. The molecule has 1 N–H and O–H groups in total. The van der Waals surface area contributed by atoms with E-state index in [4.69, 9.17) is 5.11 Å². The molecule has 0 aliphatic carbocycles. The van der Waals surface area contributed by atoms with Crippen molar-refractivity contribution in [3.05, 3.63) is 48.6 Å². The molecule has 0 aromatic rings. The van der Waals surface area contributed by atoms with Crippen molar-refractivity contribution < 1.29 is 9.90 Å². The van der Waals surface area contributed by atoms with Gasteiger partial charge in [0, 0.05) is 36.0 Å². The van der Waals surface area contributed by atoms with E-state index in [0.717, 1.165) is 44.9 Å². The van der Waals surface area contributed by atoms with Gasteiger partial charge in [-0.1, -0.05) is 55.5 Å². The molecule has 21 heavy (non-hydrogen) atoms. The van der Waals surface area contributed by atoms with Crippen molar-refractivity contribution in [3.63, 3.8) is 0 Å². The van der Waals surface area contributed by atoms with Gasteiger partial charge in [0.15, 0.2) is 0 Å². The summed E-state index contributed by atoms with van der Waals surface area (Å²) >= 11 is 0. The molecule has 0 rings (SSSR count). The number of allylic oxidation sites excluding steroid dienone is 8. The zero-order chi connectivity index (χ0) is 14.9. The van der Waals surface area contributed by atoms with Gasteiger partial charge >= 0.3 is 5.97 Å². The van der Waals surface area contributed by atoms with Crippen molar-refractivity contribution >= 4 is 35.5 Å². The summed E-state index contributed by atoms with van der Waals surface area (Å²) < 4.78 is 0. The number of carboxylic acids is 1. The van der Waals surface area contributed by atoms with Gasteiger partial charge in [0.25, 0.3) is 0 Å². The fourth-order valence-corrected chi connectivity index (χ4v) is 1.64. The molecule has 0 heterocycles. The summed E-state index contributed by atoms with van der Waals surface area (Å²) in [6, 6.07) is 0. The van der Waals surface area contributed by atoms with Gasteiger partial charge in [0.05, 0.1) is 0 Å². The molecule has 1 radical (unpaired) electrons. The normalized spacial score (nSPS) is 11.9. The molecule has 0 spiro atoms. The van der Waals surface area contributed by atoms with Crippen LogP contribution in [0.4, 0.5) is 0 Å². The molecule has 0 aliphatic rings. The third-order valence-electron chi connectivity index (χ3n) is 2.73. The zero-order valence-electron chi connectivity index (χ0n) is 13.6. The summed E-state index contributed by atoms with van der Waals surface area (Å²) in [5, 5.41) is 8.48. The summed E-state index contributed by atoms with van der Waals surface area (Å²) in [7, 11) is 0. The fourth-order valence-electron chi connectivity index (χ4n) is 1.64. The van der Waals surface area contributed by atoms with E-state index in [9.17, 15) is 4.79 Å². The Hall–Kier alpha value is -0.570. The van der Waals surface area contributed by atoms with Crippen molar-refractivity contribution in [3.8, 4) is 0 Å². The second-order valence-electron chi connectivity index (χ2n) is 4.64. The summed E-state index contributed by atoms with van der Waals surface area (Å²) in [5.74, 6) is -0.699. The smallest absolute Gasteiger partial charge is 0.303 e. The first-order chi connectivity index (χ1) is 9.77. The molecule has 0 aliphatic heterocycles. The first-order valence-electron chi connectivity index (χ1n) is 7.59. The molecule has 0 saturated heterocycles. The van der Waals surface area contributed by atoms with Crippen LogP contribution in [0, 0.1) is 0 Å². The fraction of sp³-hybridized carbons (Fsp3) is 0.500. The molecule has 113 valence electrons. The van der Waals surface area contributed by atoms with Crippen molar-refractivity contribution in [2.45, 2.75) is 58.3 Å². The molecule has 0 aromatic carbocycles. The molecular formula is C18H28NaO2. The molecule has 0 fully saturated rings. The van der Waals surface area contributed by atoms with Gasteiger partial charge in [0.2, 0.25) is 0 Å². The maximum atomic E-state index is 10.3. The van der Waals surface area contributed by atoms with E-state index in [1.807, 2.05) is 0 Å². The van der Waals surface area contributed by atoms with Crippen LogP contribution < -0.4 is 0 Å². The number of hydrogen-bond acceptors (Lipinski definition) is 1. The third-order valence-corrected chi connectivity index (χ3v) is 2.73. The van der Waals surface area contributed by atoms with Crippen molar-refractivity contribution in [2.75, 3.05) is 0 Å². The van der Waals surface area contributed by atoms with Gasteiger partial charge in [-0.2, -0.15) is 0 Å². The van der Waals surface area contributed by atoms with Gasteiger partial charge in [0.1, 0.15) is 0 Å². The van der Waals surface area contributed by atoms with E-state index >= 15 is 0 Å². The summed E-state index contributed by atoms with van der Waals surface area (Å²) in [4.78, 5) is 10.3. The summed E-state index contributed by atoms with van der Waals surface area (Å²) in [6.07, 6.45) is 24.4. The largest absolute Gasteiger partial charge is 0.481 e. The van der Waals surface area contributed by atoms with E-state index in [-0.39, 0.29) is 36.0 Å². The Labute approximate surface area is 152 Å². The maximum absolute atomic E-state index is 10.3. The SMILES string of the molecule is CC/C=C/C/C=C/C/C=C/C/C=C/CCCCC(=O)O.[Na]. The van der Waals surface area contributed by atoms with Crippen molar-refractivity contribution in [2.24, 2.45) is 0 Å². The van der Waals surface area contributed by atoms with Gasteiger partial charge in [-0.25, -0.2) is 0 Å². The Morgan fingerprint density at radius 3 is 1.76 bits per heavy atom. The van der Waals surface area contributed by atoms with E-state index < -0.39 is 5.97 Å². The Balaban J connectivity index is 0. The molecule has 3 heteroatoms. The molecule has 0 amide bonds. The van der Waals surface area contributed by atoms with E-state index in [0.29, 0.717) is 0 Å².